The van der Waals surface area contributed by atoms with Crippen molar-refractivity contribution in [2.45, 2.75) is 37.6 Å². The lowest BCUT2D eigenvalue weighted by Gasteiger charge is -2.22. The van der Waals surface area contributed by atoms with Gasteiger partial charge in [-0.2, -0.15) is 9.97 Å². The number of aromatic amines is 1. The number of hydrogen-bond donors (Lipinski definition) is 3. The van der Waals surface area contributed by atoms with E-state index in [1.165, 1.54) is 6.33 Å². The molecule has 0 unspecified atom stereocenters. The number of nitrogens with two attached hydrogens (primary N) is 1. The Kier molecular flexibility index (Phi) is 3.31. The summed E-state index contributed by atoms with van der Waals surface area (Å²) in [4.78, 5) is 27.0. The summed E-state index contributed by atoms with van der Waals surface area (Å²) in [5.41, 5.74) is 6.75. The van der Waals surface area contributed by atoms with Crippen LogP contribution in [0.15, 0.2) is 6.33 Å². The predicted octanol–water partition coefficient (Wildman–Crippen LogP) is 1.61. The van der Waals surface area contributed by atoms with E-state index in [-0.39, 0.29) is 23.4 Å². The Morgan fingerprint density at radius 2 is 2.20 bits per heavy atom. The number of amides is 1. The zero-order chi connectivity index (χ0) is 14.2. The van der Waals surface area contributed by atoms with E-state index in [1.807, 2.05) is 0 Å². The van der Waals surface area contributed by atoms with Gasteiger partial charge >= 0.3 is 0 Å². The molecule has 1 aliphatic carbocycles. The molecule has 0 bridgehead atoms. The average molecular weight is 295 g/mol. The van der Waals surface area contributed by atoms with Gasteiger partial charge in [0.1, 0.15) is 5.52 Å². The van der Waals surface area contributed by atoms with Crippen LogP contribution in [0.4, 0.5) is 5.95 Å². The van der Waals surface area contributed by atoms with Crippen LogP contribution in [0.3, 0.4) is 0 Å². The van der Waals surface area contributed by atoms with Gasteiger partial charge in [0.25, 0.3) is 0 Å². The van der Waals surface area contributed by atoms with Crippen LogP contribution in [0, 0.1) is 0 Å². The van der Waals surface area contributed by atoms with Crippen LogP contribution in [0.25, 0.3) is 11.2 Å². The van der Waals surface area contributed by atoms with Gasteiger partial charge in [-0.05, 0) is 12.8 Å². The molecule has 0 aromatic carbocycles. The highest BCUT2D eigenvalue weighted by molar-refractivity contribution is 6.33. The number of anilines is 1. The number of aromatic nitrogens is 4. The molecule has 4 N–H and O–H groups in total. The summed E-state index contributed by atoms with van der Waals surface area (Å²) >= 11 is 5.99. The van der Waals surface area contributed by atoms with Gasteiger partial charge in [0.15, 0.2) is 10.8 Å². The Hall–Kier alpha value is -1.73. The fourth-order valence-corrected chi connectivity index (χ4v) is 2.82. The first-order valence-corrected chi connectivity index (χ1v) is 6.89. The maximum Gasteiger partial charge on any atom is 0.233 e. The van der Waals surface area contributed by atoms with Crippen LogP contribution < -0.4 is 11.1 Å². The summed E-state index contributed by atoms with van der Waals surface area (Å²) in [6, 6.07) is 0. The first-order chi connectivity index (χ1) is 9.56. The SMILES string of the molecule is NC1(CC(=O)Nc2nc(Cl)c3[nH]cnc3n2)CCCC1. The normalized spacial score (nSPS) is 17.5. The van der Waals surface area contributed by atoms with Crippen LogP contribution in [-0.2, 0) is 4.79 Å². The minimum Gasteiger partial charge on any atom is -0.341 e. The molecule has 0 radical (unpaired) electrons. The van der Waals surface area contributed by atoms with Crippen molar-refractivity contribution in [2.75, 3.05) is 5.32 Å². The summed E-state index contributed by atoms with van der Waals surface area (Å²) in [5, 5.41) is 2.87. The maximum atomic E-state index is 12.0. The Balaban J connectivity index is 1.73. The molecule has 1 aliphatic rings. The second-order valence-corrected chi connectivity index (χ2v) is 5.59. The summed E-state index contributed by atoms with van der Waals surface area (Å²) in [7, 11) is 0. The molecule has 8 heteroatoms. The largest absolute Gasteiger partial charge is 0.341 e. The highest BCUT2D eigenvalue weighted by Crippen LogP contribution is 2.30. The van der Waals surface area contributed by atoms with Crippen molar-refractivity contribution < 1.29 is 4.79 Å². The molecule has 7 nitrogen and oxygen atoms in total. The third-order valence-electron chi connectivity index (χ3n) is 3.60. The molecular formula is C12H15ClN6O. The third kappa shape index (κ3) is 2.59. The molecule has 2 heterocycles. The van der Waals surface area contributed by atoms with Crippen molar-refractivity contribution in [3.05, 3.63) is 11.5 Å². The van der Waals surface area contributed by atoms with Crippen LogP contribution in [-0.4, -0.2) is 31.4 Å². The lowest BCUT2D eigenvalue weighted by Crippen LogP contribution is -2.40. The monoisotopic (exact) mass is 294 g/mol. The number of carbonyl (C=O) groups is 1. The first kappa shape index (κ1) is 13.3. The highest BCUT2D eigenvalue weighted by atomic mass is 35.5. The van der Waals surface area contributed by atoms with Crippen molar-refractivity contribution in [3.8, 4) is 0 Å². The second-order valence-electron chi connectivity index (χ2n) is 5.23. The molecule has 0 aliphatic heterocycles. The van der Waals surface area contributed by atoms with Crippen molar-refractivity contribution in [1.82, 2.24) is 19.9 Å². The van der Waals surface area contributed by atoms with Crippen LogP contribution in [0.5, 0.6) is 0 Å². The average Bonchev–Trinajstić information content (AvgIpc) is 2.98. The topological polar surface area (TPSA) is 110 Å². The zero-order valence-corrected chi connectivity index (χ0v) is 11.6. The number of nitrogens with one attached hydrogen (secondary N) is 2. The van der Waals surface area contributed by atoms with E-state index < -0.39 is 5.54 Å². The summed E-state index contributed by atoms with van der Waals surface area (Å²) in [6.07, 6.45) is 5.65. The summed E-state index contributed by atoms with van der Waals surface area (Å²) < 4.78 is 0. The van der Waals surface area contributed by atoms with Crippen molar-refractivity contribution in [3.63, 3.8) is 0 Å². The van der Waals surface area contributed by atoms with E-state index in [2.05, 4.69) is 25.3 Å². The van der Waals surface area contributed by atoms with E-state index in [1.54, 1.807) is 0 Å². The number of halogens is 1. The summed E-state index contributed by atoms with van der Waals surface area (Å²) in [5.74, 6) is -0.0402. The van der Waals surface area contributed by atoms with Crippen LogP contribution in [0.1, 0.15) is 32.1 Å². The number of fused-ring (bicyclic) bond motifs is 1. The highest BCUT2D eigenvalue weighted by Gasteiger charge is 2.31. The molecule has 0 spiro atoms. The number of rotatable bonds is 3. The molecule has 20 heavy (non-hydrogen) atoms. The molecule has 1 fully saturated rings. The Morgan fingerprint density at radius 1 is 1.45 bits per heavy atom. The van der Waals surface area contributed by atoms with Gasteiger partial charge in [-0.3, -0.25) is 10.1 Å². The minimum absolute atomic E-state index is 0.154. The van der Waals surface area contributed by atoms with Gasteiger partial charge in [0.05, 0.1) is 6.33 Å². The smallest absolute Gasteiger partial charge is 0.233 e. The fourth-order valence-electron chi connectivity index (χ4n) is 2.60. The molecule has 2 aromatic rings. The van der Waals surface area contributed by atoms with Crippen LogP contribution in [0.2, 0.25) is 5.15 Å². The van der Waals surface area contributed by atoms with Crippen molar-refractivity contribution in [2.24, 2.45) is 5.73 Å². The molecule has 106 valence electrons. The van der Waals surface area contributed by atoms with E-state index in [0.717, 1.165) is 25.7 Å². The zero-order valence-electron chi connectivity index (χ0n) is 10.8. The minimum atomic E-state index is -0.398. The number of imidazole rings is 1. The Bertz CT molecular complexity index is 648. The molecule has 0 atom stereocenters. The number of hydrogen-bond acceptors (Lipinski definition) is 5. The van der Waals surface area contributed by atoms with Crippen molar-refractivity contribution >= 4 is 34.6 Å². The molecular weight excluding hydrogens is 280 g/mol. The molecule has 1 saturated carbocycles. The third-order valence-corrected chi connectivity index (χ3v) is 3.88. The van der Waals surface area contributed by atoms with E-state index in [4.69, 9.17) is 17.3 Å². The standard InChI is InChI=1S/C12H15ClN6O/c13-9-8-10(16-6-15-8)19-11(18-9)17-7(20)5-12(14)3-1-2-4-12/h6H,1-5,14H2,(H2,15,16,17,18,19,20). The van der Waals surface area contributed by atoms with Crippen LogP contribution >= 0.6 is 11.6 Å². The van der Waals surface area contributed by atoms with E-state index >= 15 is 0 Å². The molecule has 2 aromatic heterocycles. The quantitative estimate of drug-likeness (QED) is 0.745. The Labute approximate surface area is 120 Å². The number of nitrogens with zero attached hydrogens (tertiary/aromatic N) is 3. The van der Waals surface area contributed by atoms with Gasteiger partial charge < -0.3 is 10.7 Å². The van der Waals surface area contributed by atoms with Gasteiger partial charge in [0.2, 0.25) is 11.9 Å². The first-order valence-electron chi connectivity index (χ1n) is 6.51. The van der Waals surface area contributed by atoms with Gasteiger partial charge in [-0.25, -0.2) is 4.98 Å². The summed E-state index contributed by atoms with van der Waals surface area (Å²) in [6.45, 7) is 0. The number of H-pyrrole nitrogens is 1. The lowest BCUT2D eigenvalue weighted by molar-refractivity contribution is -0.117. The van der Waals surface area contributed by atoms with E-state index in [0.29, 0.717) is 11.2 Å². The second kappa shape index (κ2) is 4.99. The molecule has 1 amide bonds. The molecule has 0 saturated heterocycles. The van der Waals surface area contributed by atoms with Gasteiger partial charge in [-0.1, -0.05) is 24.4 Å². The van der Waals surface area contributed by atoms with Gasteiger partial charge in [-0.15, -0.1) is 0 Å². The predicted molar refractivity (Wildman–Crippen MR) is 75.3 cm³/mol. The van der Waals surface area contributed by atoms with Crippen molar-refractivity contribution in [1.29, 1.82) is 0 Å². The lowest BCUT2D eigenvalue weighted by atomic mass is 9.94. The number of carbonyl (C=O) groups excluding carboxylic acids is 1. The maximum absolute atomic E-state index is 12.0. The fraction of sp³-hybridized carbons (Fsp3) is 0.500. The molecule has 3 rings (SSSR count). The Morgan fingerprint density at radius 3 is 2.95 bits per heavy atom. The van der Waals surface area contributed by atoms with E-state index in [9.17, 15) is 4.79 Å². The van der Waals surface area contributed by atoms with Gasteiger partial charge in [0, 0.05) is 12.0 Å².